The maximum Gasteiger partial charge on any atom is 0.0671 e. The summed E-state index contributed by atoms with van der Waals surface area (Å²) in [6.45, 7) is 4.60. The van der Waals surface area contributed by atoms with E-state index in [0.717, 1.165) is 22.3 Å². The van der Waals surface area contributed by atoms with Gasteiger partial charge >= 0.3 is 0 Å². The van der Waals surface area contributed by atoms with Crippen molar-refractivity contribution < 1.29 is 0 Å². The van der Waals surface area contributed by atoms with Crippen LogP contribution in [0.4, 0.5) is 5.69 Å². The molecule has 2 atom stereocenters. The Hall–Kier alpha value is -1.05. The molecule has 0 fully saturated rings. The van der Waals surface area contributed by atoms with Gasteiger partial charge in [-0.25, -0.2) is 0 Å². The van der Waals surface area contributed by atoms with E-state index in [1.807, 2.05) is 39.1 Å². The number of hydrogen-bond acceptors (Lipinski definition) is 3. The first-order chi connectivity index (χ1) is 7.95. The molecule has 17 heavy (non-hydrogen) atoms. The molecule has 0 bridgehead atoms. The quantitative estimate of drug-likeness (QED) is 0.929. The molecule has 1 rings (SSSR count). The molecule has 4 heteroatoms. The van der Waals surface area contributed by atoms with Crippen molar-refractivity contribution in [3.8, 4) is 6.07 Å². The van der Waals surface area contributed by atoms with Crippen LogP contribution in [0.3, 0.4) is 0 Å². The first kappa shape index (κ1) is 14.0. The van der Waals surface area contributed by atoms with Crippen molar-refractivity contribution in [1.29, 1.82) is 5.26 Å². The van der Waals surface area contributed by atoms with Crippen LogP contribution in [-0.4, -0.2) is 13.6 Å². The number of nitrogens with zero attached hydrogens (tertiary/aromatic N) is 2. The van der Waals surface area contributed by atoms with E-state index in [1.54, 1.807) is 0 Å². The molecule has 0 saturated heterocycles. The van der Waals surface area contributed by atoms with E-state index in [-0.39, 0.29) is 12.0 Å². The van der Waals surface area contributed by atoms with Crippen molar-refractivity contribution in [3.63, 3.8) is 0 Å². The second kappa shape index (κ2) is 6.04. The van der Waals surface area contributed by atoms with Crippen LogP contribution in [0.1, 0.15) is 25.5 Å². The molecule has 92 valence electrons. The van der Waals surface area contributed by atoms with Crippen LogP contribution >= 0.6 is 15.9 Å². The average molecular weight is 296 g/mol. The van der Waals surface area contributed by atoms with Gasteiger partial charge in [0.15, 0.2) is 0 Å². The van der Waals surface area contributed by atoms with Crippen molar-refractivity contribution in [1.82, 2.24) is 0 Å². The van der Waals surface area contributed by atoms with Crippen LogP contribution in [0.15, 0.2) is 22.7 Å². The molecule has 0 aliphatic carbocycles. The van der Waals surface area contributed by atoms with Crippen LogP contribution in [0, 0.1) is 17.2 Å². The van der Waals surface area contributed by atoms with E-state index < -0.39 is 0 Å². The number of hydrogen-bond donors (Lipinski definition) is 1. The van der Waals surface area contributed by atoms with E-state index in [0.29, 0.717) is 0 Å². The van der Waals surface area contributed by atoms with Gasteiger partial charge in [0.25, 0.3) is 0 Å². The van der Waals surface area contributed by atoms with E-state index >= 15 is 0 Å². The number of rotatable bonds is 4. The lowest BCUT2D eigenvalue weighted by Crippen LogP contribution is -2.23. The molecule has 0 saturated carbocycles. The van der Waals surface area contributed by atoms with Crippen molar-refractivity contribution in [2.75, 3.05) is 18.5 Å². The fourth-order valence-corrected chi connectivity index (χ4v) is 2.41. The van der Waals surface area contributed by atoms with E-state index in [9.17, 15) is 0 Å². The fourth-order valence-electron chi connectivity index (χ4n) is 1.68. The van der Waals surface area contributed by atoms with Crippen molar-refractivity contribution >= 4 is 21.6 Å². The Kier molecular flexibility index (Phi) is 4.98. The zero-order valence-corrected chi connectivity index (χ0v) is 12.0. The molecule has 3 nitrogen and oxygen atoms in total. The Morgan fingerprint density at radius 1 is 1.47 bits per heavy atom. The minimum atomic E-state index is 0.0155. The zero-order chi connectivity index (χ0) is 13.0. The topological polar surface area (TPSA) is 53.0 Å². The van der Waals surface area contributed by atoms with Gasteiger partial charge in [-0.1, -0.05) is 22.0 Å². The lowest BCUT2D eigenvalue weighted by Gasteiger charge is -2.21. The Morgan fingerprint density at radius 2 is 2.12 bits per heavy atom. The van der Waals surface area contributed by atoms with Gasteiger partial charge in [-0.3, -0.25) is 0 Å². The number of nitriles is 1. The summed E-state index contributed by atoms with van der Waals surface area (Å²) in [4.78, 5) is 2.07. The first-order valence-corrected chi connectivity index (χ1v) is 6.40. The average Bonchev–Trinajstić information content (AvgIpc) is 2.28. The Bertz CT molecular complexity index is 423. The first-order valence-electron chi connectivity index (χ1n) is 5.61. The summed E-state index contributed by atoms with van der Waals surface area (Å²) < 4.78 is 1.02. The maximum absolute atomic E-state index is 8.80. The molecular formula is C13H18BrN3. The van der Waals surface area contributed by atoms with E-state index in [4.69, 9.17) is 11.0 Å². The van der Waals surface area contributed by atoms with Gasteiger partial charge < -0.3 is 10.6 Å². The van der Waals surface area contributed by atoms with E-state index in [1.165, 1.54) is 0 Å². The molecule has 2 N–H and O–H groups in total. The maximum atomic E-state index is 8.80. The highest BCUT2D eigenvalue weighted by atomic mass is 79.9. The molecule has 1 aromatic rings. The minimum Gasteiger partial charge on any atom is -0.373 e. The molecule has 0 aromatic heterocycles. The molecule has 1 aromatic carbocycles. The second-order valence-electron chi connectivity index (χ2n) is 4.41. The third-order valence-electron chi connectivity index (χ3n) is 2.68. The molecule has 0 aliphatic heterocycles. The Labute approximate surface area is 111 Å². The number of benzene rings is 1. The summed E-state index contributed by atoms with van der Waals surface area (Å²) in [5.41, 5.74) is 8.04. The van der Waals surface area contributed by atoms with Crippen LogP contribution in [-0.2, 0) is 0 Å². The lowest BCUT2D eigenvalue weighted by atomic mass is 10.1. The normalized spacial score (nSPS) is 13.9. The third-order valence-corrected chi connectivity index (χ3v) is 3.37. The summed E-state index contributed by atoms with van der Waals surface area (Å²) in [5, 5.41) is 8.80. The summed E-state index contributed by atoms with van der Waals surface area (Å²) in [7, 11) is 1.99. The number of nitrogens with two attached hydrogens (primary N) is 1. The fraction of sp³-hybridized carbons (Fsp3) is 0.462. The third kappa shape index (κ3) is 3.72. The summed E-state index contributed by atoms with van der Waals surface area (Å²) >= 11 is 3.53. The molecular weight excluding hydrogens is 278 g/mol. The SMILES string of the molecule is CC(C#N)CN(C)c1ccc([C@H](C)N)c(Br)c1. The summed E-state index contributed by atoms with van der Waals surface area (Å²) in [6, 6.07) is 8.36. The predicted molar refractivity (Wildman–Crippen MR) is 74.8 cm³/mol. The lowest BCUT2D eigenvalue weighted by molar-refractivity contribution is 0.715. The predicted octanol–water partition coefficient (Wildman–Crippen LogP) is 3.06. The number of anilines is 1. The van der Waals surface area contributed by atoms with Gasteiger partial charge in [-0.15, -0.1) is 0 Å². The summed E-state index contributed by atoms with van der Waals surface area (Å²) in [6.07, 6.45) is 0. The van der Waals surface area contributed by atoms with E-state index in [2.05, 4.69) is 26.9 Å². The highest BCUT2D eigenvalue weighted by Crippen LogP contribution is 2.27. The molecule has 0 heterocycles. The van der Waals surface area contributed by atoms with Gasteiger partial charge in [-0.2, -0.15) is 5.26 Å². The van der Waals surface area contributed by atoms with Crippen LogP contribution in [0.2, 0.25) is 0 Å². The molecule has 1 unspecified atom stereocenters. The Morgan fingerprint density at radius 3 is 2.59 bits per heavy atom. The zero-order valence-electron chi connectivity index (χ0n) is 10.4. The highest BCUT2D eigenvalue weighted by Gasteiger charge is 2.10. The van der Waals surface area contributed by atoms with Gasteiger partial charge in [0, 0.05) is 29.8 Å². The van der Waals surface area contributed by atoms with Gasteiger partial charge in [0.1, 0.15) is 0 Å². The van der Waals surface area contributed by atoms with Crippen molar-refractivity contribution in [3.05, 3.63) is 28.2 Å². The van der Waals surface area contributed by atoms with Crippen molar-refractivity contribution in [2.45, 2.75) is 19.9 Å². The van der Waals surface area contributed by atoms with Crippen LogP contribution in [0.5, 0.6) is 0 Å². The molecule has 0 spiro atoms. The largest absolute Gasteiger partial charge is 0.373 e. The molecule has 0 amide bonds. The molecule has 0 radical (unpaired) electrons. The standard InChI is InChI=1S/C13H18BrN3/c1-9(7-15)8-17(3)11-4-5-12(10(2)16)13(14)6-11/h4-6,9-10H,8,16H2,1-3H3/t9?,10-/m0/s1. The number of halogens is 1. The smallest absolute Gasteiger partial charge is 0.0671 e. The second-order valence-corrected chi connectivity index (χ2v) is 5.26. The summed E-state index contributed by atoms with van der Waals surface area (Å²) in [5.74, 6) is 0.0203. The van der Waals surface area contributed by atoms with Gasteiger partial charge in [0.05, 0.1) is 12.0 Å². The minimum absolute atomic E-state index is 0.0155. The molecule has 0 aliphatic rings. The van der Waals surface area contributed by atoms with Crippen molar-refractivity contribution in [2.24, 2.45) is 11.7 Å². The van der Waals surface area contributed by atoms with Gasteiger partial charge in [0.2, 0.25) is 0 Å². The van der Waals surface area contributed by atoms with Gasteiger partial charge in [-0.05, 0) is 31.5 Å². The van der Waals surface area contributed by atoms with Crippen LogP contribution < -0.4 is 10.6 Å². The monoisotopic (exact) mass is 295 g/mol. The Balaban J connectivity index is 2.87. The highest BCUT2D eigenvalue weighted by molar-refractivity contribution is 9.10. The van der Waals surface area contributed by atoms with Crippen LogP contribution in [0.25, 0.3) is 0 Å².